The van der Waals surface area contributed by atoms with Crippen molar-refractivity contribution in [3.63, 3.8) is 0 Å². The fourth-order valence-corrected chi connectivity index (χ4v) is 1.87. The van der Waals surface area contributed by atoms with Gasteiger partial charge in [-0.1, -0.05) is 30.3 Å². The van der Waals surface area contributed by atoms with Gasteiger partial charge in [-0.05, 0) is 18.4 Å². The van der Waals surface area contributed by atoms with Gasteiger partial charge in [0, 0.05) is 20.1 Å². The molecule has 116 valence electrons. The molecule has 0 aliphatic heterocycles. The molecule has 6 nitrogen and oxygen atoms in total. The summed E-state index contributed by atoms with van der Waals surface area (Å²) >= 11 is 0. The van der Waals surface area contributed by atoms with E-state index < -0.39 is 24.0 Å². The Morgan fingerprint density at radius 1 is 1.29 bits per heavy atom. The lowest BCUT2D eigenvalue weighted by atomic mass is 10.0. The number of ether oxygens (including phenoxy) is 1. The third kappa shape index (κ3) is 6.37. The van der Waals surface area contributed by atoms with Crippen LogP contribution in [-0.4, -0.2) is 42.8 Å². The zero-order chi connectivity index (χ0) is 15.7. The lowest BCUT2D eigenvalue weighted by Crippen LogP contribution is -2.48. The van der Waals surface area contributed by atoms with Gasteiger partial charge in [-0.2, -0.15) is 0 Å². The first-order valence-corrected chi connectivity index (χ1v) is 6.86. The number of rotatable bonds is 9. The smallest absolute Gasteiger partial charge is 0.326 e. The molecule has 0 saturated carbocycles. The molecular weight excluding hydrogens is 272 g/mol. The second-order valence-electron chi connectivity index (χ2n) is 4.81. The van der Waals surface area contributed by atoms with E-state index in [4.69, 9.17) is 15.6 Å². The lowest BCUT2D eigenvalue weighted by molar-refractivity contribution is -0.142. The number of amides is 1. The highest BCUT2D eigenvalue weighted by atomic mass is 16.5. The molecule has 0 aliphatic rings. The van der Waals surface area contributed by atoms with Crippen molar-refractivity contribution in [1.82, 2.24) is 5.32 Å². The molecule has 0 heterocycles. The third-order valence-electron chi connectivity index (χ3n) is 3.15. The van der Waals surface area contributed by atoms with E-state index in [1.54, 1.807) is 0 Å². The van der Waals surface area contributed by atoms with E-state index in [0.29, 0.717) is 12.8 Å². The standard InChI is InChI=1S/C15H22N2O4/c1-21-10-9-13(15(19)20)17-14(18)12(16)8-7-11-5-3-2-4-6-11/h2-6,12-13H,7-10,16H2,1H3,(H,17,18)(H,19,20). The summed E-state index contributed by atoms with van der Waals surface area (Å²) in [4.78, 5) is 22.9. The van der Waals surface area contributed by atoms with Gasteiger partial charge in [0.2, 0.25) is 5.91 Å². The minimum Gasteiger partial charge on any atom is -0.480 e. The van der Waals surface area contributed by atoms with Gasteiger partial charge in [0.25, 0.3) is 0 Å². The second kappa shape index (κ2) is 9.10. The van der Waals surface area contributed by atoms with Crippen LogP contribution in [0.1, 0.15) is 18.4 Å². The van der Waals surface area contributed by atoms with E-state index in [1.165, 1.54) is 7.11 Å². The normalized spacial score (nSPS) is 13.4. The van der Waals surface area contributed by atoms with Crippen molar-refractivity contribution < 1.29 is 19.4 Å². The number of nitrogens with two attached hydrogens (primary N) is 1. The van der Waals surface area contributed by atoms with Gasteiger partial charge in [0.1, 0.15) is 6.04 Å². The highest BCUT2D eigenvalue weighted by molar-refractivity contribution is 5.86. The van der Waals surface area contributed by atoms with Crippen LogP contribution in [-0.2, 0) is 20.7 Å². The highest BCUT2D eigenvalue weighted by Crippen LogP contribution is 2.04. The van der Waals surface area contributed by atoms with Crippen molar-refractivity contribution in [2.45, 2.75) is 31.3 Å². The third-order valence-corrected chi connectivity index (χ3v) is 3.15. The predicted molar refractivity (Wildman–Crippen MR) is 78.8 cm³/mol. The Balaban J connectivity index is 2.43. The van der Waals surface area contributed by atoms with Crippen LogP contribution in [0.4, 0.5) is 0 Å². The molecule has 1 rings (SSSR count). The fraction of sp³-hybridized carbons (Fsp3) is 0.467. The Morgan fingerprint density at radius 2 is 1.95 bits per heavy atom. The number of aliphatic carboxylic acids is 1. The Kier molecular flexibility index (Phi) is 7.42. The van der Waals surface area contributed by atoms with E-state index >= 15 is 0 Å². The first-order valence-electron chi connectivity index (χ1n) is 6.86. The minimum atomic E-state index is -1.09. The molecule has 2 unspecified atom stereocenters. The molecule has 0 aromatic heterocycles. The Morgan fingerprint density at radius 3 is 2.52 bits per heavy atom. The maximum absolute atomic E-state index is 11.9. The van der Waals surface area contributed by atoms with Gasteiger partial charge in [-0.15, -0.1) is 0 Å². The summed E-state index contributed by atoms with van der Waals surface area (Å²) in [5, 5.41) is 11.5. The summed E-state index contributed by atoms with van der Waals surface area (Å²) in [7, 11) is 1.48. The average molecular weight is 294 g/mol. The topological polar surface area (TPSA) is 102 Å². The molecular formula is C15H22N2O4. The maximum atomic E-state index is 11.9. The summed E-state index contributed by atoms with van der Waals surface area (Å²) in [6, 6.07) is 7.99. The van der Waals surface area contributed by atoms with Gasteiger partial charge in [0.15, 0.2) is 0 Å². The zero-order valence-electron chi connectivity index (χ0n) is 12.1. The summed E-state index contributed by atoms with van der Waals surface area (Å²) < 4.78 is 4.82. The molecule has 21 heavy (non-hydrogen) atoms. The first kappa shape index (κ1) is 17.1. The van der Waals surface area contributed by atoms with Crippen LogP contribution in [0.25, 0.3) is 0 Å². The molecule has 0 bridgehead atoms. The van der Waals surface area contributed by atoms with Crippen molar-refractivity contribution in [1.29, 1.82) is 0 Å². The van der Waals surface area contributed by atoms with Crippen molar-refractivity contribution in [3.05, 3.63) is 35.9 Å². The van der Waals surface area contributed by atoms with E-state index in [9.17, 15) is 9.59 Å². The van der Waals surface area contributed by atoms with Crippen LogP contribution in [0, 0.1) is 0 Å². The van der Waals surface area contributed by atoms with Crippen LogP contribution in [0.5, 0.6) is 0 Å². The van der Waals surface area contributed by atoms with E-state index in [-0.39, 0.29) is 13.0 Å². The molecule has 1 aromatic rings. The SMILES string of the molecule is COCCC(NC(=O)C(N)CCc1ccccc1)C(=O)O. The van der Waals surface area contributed by atoms with Crippen LogP contribution in [0.15, 0.2) is 30.3 Å². The number of benzene rings is 1. The van der Waals surface area contributed by atoms with Crippen molar-refractivity contribution in [2.24, 2.45) is 5.73 Å². The number of nitrogens with one attached hydrogen (secondary N) is 1. The fourth-order valence-electron chi connectivity index (χ4n) is 1.87. The minimum absolute atomic E-state index is 0.211. The summed E-state index contributed by atoms with van der Waals surface area (Å²) in [6.45, 7) is 0.260. The summed E-state index contributed by atoms with van der Waals surface area (Å²) in [6.07, 6.45) is 1.35. The number of carbonyl (C=O) groups is 2. The molecule has 4 N–H and O–H groups in total. The molecule has 0 spiro atoms. The molecule has 0 fully saturated rings. The quantitative estimate of drug-likeness (QED) is 0.617. The van der Waals surface area contributed by atoms with Crippen molar-refractivity contribution >= 4 is 11.9 Å². The number of methoxy groups -OCH3 is 1. The zero-order valence-corrected chi connectivity index (χ0v) is 12.1. The van der Waals surface area contributed by atoms with E-state index in [2.05, 4.69) is 5.32 Å². The number of carboxylic acids is 1. The van der Waals surface area contributed by atoms with Crippen molar-refractivity contribution in [2.75, 3.05) is 13.7 Å². The second-order valence-corrected chi connectivity index (χ2v) is 4.81. The van der Waals surface area contributed by atoms with Gasteiger partial charge >= 0.3 is 5.97 Å². The van der Waals surface area contributed by atoms with E-state index in [0.717, 1.165) is 5.56 Å². The first-order chi connectivity index (χ1) is 10.0. The van der Waals surface area contributed by atoms with Gasteiger partial charge in [-0.3, -0.25) is 4.79 Å². The monoisotopic (exact) mass is 294 g/mol. The Labute approximate surface area is 124 Å². The highest BCUT2D eigenvalue weighted by Gasteiger charge is 2.22. The molecule has 1 amide bonds. The van der Waals surface area contributed by atoms with Gasteiger partial charge in [0.05, 0.1) is 6.04 Å². The Hall–Kier alpha value is -1.92. The number of aryl methyl sites for hydroxylation is 1. The number of hydrogen-bond acceptors (Lipinski definition) is 4. The number of carboxylic acid groups (broad SMARTS) is 1. The summed E-state index contributed by atoms with van der Waals surface area (Å²) in [5.74, 6) is -1.54. The number of carbonyl (C=O) groups excluding carboxylic acids is 1. The maximum Gasteiger partial charge on any atom is 0.326 e. The molecule has 0 radical (unpaired) electrons. The predicted octanol–water partition coefficient (Wildman–Crippen LogP) is 0.552. The van der Waals surface area contributed by atoms with Crippen LogP contribution in [0.3, 0.4) is 0 Å². The van der Waals surface area contributed by atoms with Crippen LogP contribution >= 0.6 is 0 Å². The lowest BCUT2D eigenvalue weighted by Gasteiger charge is -2.17. The average Bonchev–Trinajstić information content (AvgIpc) is 2.49. The van der Waals surface area contributed by atoms with Crippen molar-refractivity contribution in [3.8, 4) is 0 Å². The largest absolute Gasteiger partial charge is 0.480 e. The molecule has 2 atom stereocenters. The van der Waals surface area contributed by atoms with Gasteiger partial charge < -0.3 is 20.9 Å². The van der Waals surface area contributed by atoms with E-state index in [1.807, 2.05) is 30.3 Å². The molecule has 1 aromatic carbocycles. The molecule has 0 aliphatic carbocycles. The van der Waals surface area contributed by atoms with Gasteiger partial charge in [-0.25, -0.2) is 4.79 Å². The number of hydrogen-bond donors (Lipinski definition) is 3. The molecule has 6 heteroatoms. The Bertz CT molecular complexity index is 450. The summed E-state index contributed by atoms with van der Waals surface area (Å²) in [5.41, 5.74) is 6.90. The van der Waals surface area contributed by atoms with Crippen LogP contribution < -0.4 is 11.1 Å². The molecule has 0 saturated heterocycles. The van der Waals surface area contributed by atoms with Crippen LogP contribution in [0.2, 0.25) is 0 Å².